The lowest BCUT2D eigenvalue weighted by Crippen LogP contribution is -2.47. The molecule has 0 amide bonds. The highest BCUT2D eigenvalue weighted by Crippen LogP contribution is 2.46. The van der Waals surface area contributed by atoms with E-state index in [-0.39, 0.29) is 11.9 Å². The van der Waals surface area contributed by atoms with Crippen molar-refractivity contribution >= 4 is 11.7 Å². The highest BCUT2D eigenvalue weighted by molar-refractivity contribution is 5.97. The number of hydrogen-bond donors (Lipinski definition) is 0. The lowest BCUT2D eigenvalue weighted by atomic mass is 9.83. The van der Waals surface area contributed by atoms with E-state index in [1.165, 1.54) is 0 Å². The maximum absolute atomic E-state index is 12.4. The number of ether oxygens (including phenoxy) is 1. The molecule has 4 heteroatoms. The van der Waals surface area contributed by atoms with E-state index in [0.29, 0.717) is 12.3 Å². The molecule has 1 saturated carbocycles. The largest absolute Gasteiger partial charge is 0.457 e. The molecule has 102 valence electrons. The molecule has 4 nitrogen and oxygen atoms in total. The third-order valence-electron chi connectivity index (χ3n) is 3.61. The van der Waals surface area contributed by atoms with E-state index in [9.17, 15) is 4.79 Å². The van der Waals surface area contributed by atoms with E-state index in [2.05, 4.69) is 19.0 Å². The van der Waals surface area contributed by atoms with Crippen LogP contribution in [0.15, 0.2) is 5.16 Å². The summed E-state index contributed by atoms with van der Waals surface area (Å²) >= 11 is 0. The second-order valence-electron chi connectivity index (χ2n) is 6.60. The molecule has 2 atom stereocenters. The van der Waals surface area contributed by atoms with Gasteiger partial charge in [-0.3, -0.25) is 0 Å². The molecular weight excluding hydrogens is 230 g/mol. The minimum Gasteiger partial charge on any atom is -0.457 e. The zero-order valence-electron chi connectivity index (χ0n) is 11.9. The summed E-state index contributed by atoms with van der Waals surface area (Å²) in [6.07, 6.45) is 2.68. The number of carbonyl (C=O) groups is 1. The monoisotopic (exact) mass is 253 g/mol. The predicted octanol–water partition coefficient (Wildman–Crippen LogP) is 2.91. The first-order chi connectivity index (χ1) is 8.26. The highest BCUT2D eigenvalue weighted by Gasteiger charge is 2.59. The quantitative estimate of drug-likeness (QED) is 0.711. The van der Waals surface area contributed by atoms with Gasteiger partial charge in [0.25, 0.3) is 0 Å². The number of carbonyl (C=O) groups excluding carboxylic acids is 1. The van der Waals surface area contributed by atoms with E-state index < -0.39 is 11.2 Å². The Kier molecular flexibility index (Phi) is 3.16. The van der Waals surface area contributed by atoms with Crippen LogP contribution in [0.25, 0.3) is 0 Å². The first kappa shape index (κ1) is 13.4. The summed E-state index contributed by atoms with van der Waals surface area (Å²) in [4.78, 5) is 18.0. The Morgan fingerprint density at radius 2 is 2.17 bits per heavy atom. The van der Waals surface area contributed by atoms with Gasteiger partial charge in [0.05, 0.1) is 11.6 Å². The summed E-state index contributed by atoms with van der Waals surface area (Å²) in [6, 6.07) is 0. The zero-order chi connectivity index (χ0) is 13.6. The van der Waals surface area contributed by atoms with E-state index in [1.54, 1.807) is 0 Å². The number of esters is 1. The van der Waals surface area contributed by atoms with Crippen LogP contribution in [0, 0.1) is 11.8 Å². The molecule has 0 aromatic rings. The fourth-order valence-electron chi connectivity index (χ4n) is 2.82. The Balaban J connectivity index is 2.20. The smallest absolute Gasteiger partial charge is 0.354 e. The maximum atomic E-state index is 12.4. The third kappa shape index (κ3) is 2.13. The molecule has 0 spiro atoms. The summed E-state index contributed by atoms with van der Waals surface area (Å²) in [7, 11) is 0. The van der Waals surface area contributed by atoms with Gasteiger partial charge in [-0.2, -0.15) is 0 Å². The standard InChI is InChI=1S/C14H23NO3/c1-9(2)11-10-7-6-8-14(10,18-15-11)12(16)17-13(3,4)5/h9-10H,6-8H2,1-5H3. The van der Waals surface area contributed by atoms with Crippen molar-refractivity contribution in [2.45, 2.75) is 65.1 Å². The van der Waals surface area contributed by atoms with Crippen molar-refractivity contribution in [3.8, 4) is 0 Å². The summed E-state index contributed by atoms with van der Waals surface area (Å²) in [5, 5.41) is 4.16. The number of fused-ring (bicyclic) bond motifs is 1. The van der Waals surface area contributed by atoms with Crippen molar-refractivity contribution in [3.05, 3.63) is 0 Å². The summed E-state index contributed by atoms with van der Waals surface area (Å²) in [5.41, 5.74) is -0.311. The van der Waals surface area contributed by atoms with Gasteiger partial charge in [-0.25, -0.2) is 4.79 Å². The topological polar surface area (TPSA) is 47.9 Å². The number of oxime groups is 1. The third-order valence-corrected chi connectivity index (χ3v) is 3.61. The average molecular weight is 253 g/mol. The maximum Gasteiger partial charge on any atom is 0.354 e. The Hall–Kier alpha value is -1.06. The molecule has 0 N–H and O–H groups in total. The lowest BCUT2D eigenvalue weighted by molar-refractivity contribution is -0.183. The Bertz CT molecular complexity index is 381. The van der Waals surface area contributed by atoms with Gasteiger partial charge in [-0.15, -0.1) is 0 Å². The van der Waals surface area contributed by atoms with Crippen molar-refractivity contribution in [1.29, 1.82) is 0 Å². The molecule has 0 aromatic heterocycles. The fraction of sp³-hybridized carbons (Fsp3) is 0.857. The van der Waals surface area contributed by atoms with Crippen molar-refractivity contribution in [2.24, 2.45) is 17.0 Å². The van der Waals surface area contributed by atoms with Crippen LogP contribution in [0.5, 0.6) is 0 Å². The van der Waals surface area contributed by atoms with Gasteiger partial charge in [0.2, 0.25) is 5.60 Å². The van der Waals surface area contributed by atoms with Gasteiger partial charge < -0.3 is 9.57 Å². The minimum absolute atomic E-state index is 0.104. The van der Waals surface area contributed by atoms with Crippen LogP contribution in [0.2, 0.25) is 0 Å². The van der Waals surface area contributed by atoms with Crippen molar-refractivity contribution < 1.29 is 14.4 Å². The molecule has 1 aliphatic heterocycles. The summed E-state index contributed by atoms with van der Waals surface area (Å²) < 4.78 is 5.52. The molecule has 0 aromatic carbocycles. The number of nitrogens with zero attached hydrogens (tertiary/aromatic N) is 1. The molecule has 1 aliphatic carbocycles. The van der Waals surface area contributed by atoms with Gasteiger partial charge in [-0.05, 0) is 39.5 Å². The molecule has 2 unspecified atom stereocenters. The summed E-state index contributed by atoms with van der Waals surface area (Å²) in [5.74, 6) is 0.168. The fourth-order valence-corrected chi connectivity index (χ4v) is 2.82. The zero-order valence-corrected chi connectivity index (χ0v) is 11.9. The van der Waals surface area contributed by atoms with Crippen LogP contribution in [-0.2, 0) is 14.4 Å². The normalized spacial score (nSPS) is 31.0. The lowest BCUT2D eigenvalue weighted by Gasteiger charge is -2.29. The molecular formula is C14H23NO3. The predicted molar refractivity (Wildman–Crippen MR) is 69.3 cm³/mol. The van der Waals surface area contributed by atoms with E-state index >= 15 is 0 Å². The van der Waals surface area contributed by atoms with E-state index in [4.69, 9.17) is 9.57 Å². The van der Waals surface area contributed by atoms with Crippen molar-refractivity contribution in [2.75, 3.05) is 0 Å². The highest BCUT2D eigenvalue weighted by atomic mass is 16.7. The van der Waals surface area contributed by atoms with Gasteiger partial charge >= 0.3 is 5.97 Å². The molecule has 1 fully saturated rings. The Morgan fingerprint density at radius 1 is 1.50 bits per heavy atom. The first-order valence-corrected chi connectivity index (χ1v) is 6.76. The van der Waals surface area contributed by atoms with Gasteiger partial charge in [0.15, 0.2) is 0 Å². The second kappa shape index (κ2) is 4.25. The minimum atomic E-state index is -0.840. The van der Waals surface area contributed by atoms with E-state index in [0.717, 1.165) is 18.6 Å². The van der Waals surface area contributed by atoms with Crippen LogP contribution in [0.4, 0.5) is 0 Å². The SMILES string of the molecule is CC(C)C1=NOC2(C(=O)OC(C)(C)C)CCCC12. The van der Waals surface area contributed by atoms with Gasteiger partial charge in [0.1, 0.15) is 5.60 Å². The Labute approximate surface area is 109 Å². The average Bonchev–Trinajstić information content (AvgIpc) is 2.70. The van der Waals surface area contributed by atoms with Crippen LogP contribution in [-0.4, -0.2) is 22.9 Å². The molecule has 0 radical (unpaired) electrons. The van der Waals surface area contributed by atoms with Gasteiger partial charge in [-0.1, -0.05) is 19.0 Å². The molecule has 2 aliphatic rings. The van der Waals surface area contributed by atoms with Crippen molar-refractivity contribution in [1.82, 2.24) is 0 Å². The van der Waals surface area contributed by atoms with Gasteiger partial charge in [0, 0.05) is 6.42 Å². The van der Waals surface area contributed by atoms with Crippen LogP contribution in [0.3, 0.4) is 0 Å². The van der Waals surface area contributed by atoms with E-state index in [1.807, 2.05) is 20.8 Å². The molecule has 0 saturated heterocycles. The second-order valence-corrected chi connectivity index (χ2v) is 6.60. The molecule has 18 heavy (non-hydrogen) atoms. The first-order valence-electron chi connectivity index (χ1n) is 6.76. The van der Waals surface area contributed by atoms with Crippen LogP contribution in [0.1, 0.15) is 53.9 Å². The van der Waals surface area contributed by atoms with Crippen LogP contribution >= 0.6 is 0 Å². The summed E-state index contributed by atoms with van der Waals surface area (Å²) in [6.45, 7) is 9.82. The Morgan fingerprint density at radius 3 is 2.72 bits per heavy atom. The number of rotatable bonds is 2. The number of hydrogen-bond acceptors (Lipinski definition) is 4. The van der Waals surface area contributed by atoms with Crippen LogP contribution < -0.4 is 0 Å². The molecule has 0 bridgehead atoms. The molecule has 2 rings (SSSR count). The molecule has 1 heterocycles. The van der Waals surface area contributed by atoms with Crippen molar-refractivity contribution in [3.63, 3.8) is 0 Å².